The van der Waals surface area contributed by atoms with E-state index in [1.54, 1.807) is 24.3 Å². The highest BCUT2D eigenvalue weighted by Crippen LogP contribution is 2.24. The van der Waals surface area contributed by atoms with Crippen molar-refractivity contribution in [2.75, 3.05) is 0 Å². The van der Waals surface area contributed by atoms with Gasteiger partial charge in [-0.1, -0.05) is 48.5 Å². The zero-order valence-electron chi connectivity index (χ0n) is 12.2. The number of aromatic carboxylic acids is 1. The Bertz CT molecular complexity index is 793. The van der Waals surface area contributed by atoms with Crippen molar-refractivity contribution >= 4 is 29.0 Å². The molecule has 0 amide bonds. The van der Waals surface area contributed by atoms with E-state index in [2.05, 4.69) is 11.6 Å². The molecule has 4 nitrogen and oxygen atoms in total. The number of carbonyl (C=O) groups is 1. The molecule has 0 aliphatic rings. The van der Waals surface area contributed by atoms with E-state index in [1.165, 1.54) is 18.3 Å². The van der Waals surface area contributed by atoms with Gasteiger partial charge in [-0.15, -0.1) is 0 Å². The summed E-state index contributed by atoms with van der Waals surface area (Å²) in [5.41, 5.74) is 8.19. The normalized spacial score (nSPS) is 11.6. The first-order chi connectivity index (χ1) is 11.0. The molecule has 2 aromatic rings. The lowest BCUT2D eigenvalue weighted by Gasteiger charge is -2.07. The van der Waals surface area contributed by atoms with E-state index in [4.69, 9.17) is 22.4 Å². The number of benzene rings is 2. The molecule has 23 heavy (non-hydrogen) atoms. The number of hydrogen-bond acceptors (Lipinski definition) is 3. The van der Waals surface area contributed by atoms with E-state index in [9.17, 15) is 4.79 Å². The third-order valence-corrected chi connectivity index (χ3v) is 3.45. The standard InChI is InChI=1S/C18H15ClN2O2/c1-12(15-4-2-3-5-16(15)19)21-17(10-11-20)13-6-8-14(9-7-13)18(22)23/h2-11H,1,20H2,(H,22,23)/b11-10-,21-17?. The van der Waals surface area contributed by atoms with Crippen LogP contribution in [0.1, 0.15) is 21.5 Å². The summed E-state index contributed by atoms with van der Waals surface area (Å²) in [4.78, 5) is 15.4. The molecule has 0 aliphatic heterocycles. The van der Waals surface area contributed by atoms with E-state index >= 15 is 0 Å². The summed E-state index contributed by atoms with van der Waals surface area (Å²) in [5, 5.41) is 9.50. The molecular weight excluding hydrogens is 312 g/mol. The zero-order chi connectivity index (χ0) is 16.8. The van der Waals surface area contributed by atoms with E-state index in [1.807, 2.05) is 18.2 Å². The number of halogens is 1. The molecular formula is C18H15ClN2O2. The third-order valence-electron chi connectivity index (χ3n) is 3.12. The predicted octanol–water partition coefficient (Wildman–Crippen LogP) is 3.97. The fraction of sp³-hybridized carbons (Fsp3) is 0. The highest BCUT2D eigenvalue weighted by atomic mass is 35.5. The molecule has 0 radical (unpaired) electrons. The number of carboxylic acid groups (broad SMARTS) is 1. The number of hydrogen-bond donors (Lipinski definition) is 2. The van der Waals surface area contributed by atoms with Gasteiger partial charge in [0.15, 0.2) is 0 Å². The Morgan fingerprint density at radius 1 is 1.13 bits per heavy atom. The van der Waals surface area contributed by atoms with Crippen molar-refractivity contribution in [2.24, 2.45) is 10.7 Å². The summed E-state index contributed by atoms with van der Waals surface area (Å²) in [5.74, 6) is -0.982. The Balaban J connectivity index is 2.39. The molecule has 2 aromatic carbocycles. The van der Waals surface area contributed by atoms with Gasteiger partial charge in [0.1, 0.15) is 0 Å². The van der Waals surface area contributed by atoms with Crippen molar-refractivity contribution < 1.29 is 9.90 Å². The molecule has 0 atom stereocenters. The van der Waals surface area contributed by atoms with Crippen LogP contribution in [0.5, 0.6) is 0 Å². The van der Waals surface area contributed by atoms with Crippen LogP contribution in [0.15, 0.2) is 72.4 Å². The van der Waals surface area contributed by atoms with E-state index in [0.29, 0.717) is 16.4 Å². The van der Waals surface area contributed by atoms with Crippen molar-refractivity contribution in [3.63, 3.8) is 0 Å². The van der Waals surface area contributed by atoms with Crippen molar-refractivity contribution in [3.05, 3.63) is 89.1 Å². The Hall–Kier alpha value is -2.85. The van der Waals surface area contributed by atoms with E-state index in [0.717, 1.165) is 11.1 Å². The Labute approximate surface area is 139 Å². The molecule has 5 heteroatoms. The fourth-order valence-electron chi connectivity index (χ4n) is 1.97. The molecule has 2 rings (SSSR count). The molecule has 3 N–H and O–H groups in total. The first kappa shape index (κ1) is 16.5. The third kappa shape index (κ3) is 4.08. The highest BCUT2D eigenvalue weighted by molar-refractivity contribution is 6.32. The van der Waals surface area contributed by atoms with Gasteiger partial charge < -0.3 is 10.8 Å². The van der Waals surface area contributed by atoms with Crippen LogP contribution in [0, 0.1) is 0 Å². The van der Waals surface area contributed by atoms with Gasteiger partial charge in [0.2, 0.25) is 0 Å². The minimum absolute atomic E-state index is 0.203. The van der Waals surface area contributed by atoms with Gasteiger partial charge in [-0.05, 0) is 30.5 Å². The number of nitrogens with zero attached hydrogens (tertiary/aromatic N) is 1. The van der Waals surface area contributed by atoms with Gasteiger partial charge in [-0.3, -0.25) is 0 Å². The summed E-state index contributed by atoms with van der Waals surface area (Å²) < 4.78 is 0. The topological polar surface area (TPSA) is 75.7 Å². The smallest absolute Gasteiger partial charge is 0.335 e. The van der Waals surface area contributed by atoms with Crippen molar-refractivity contribution in [1.82, 2.24) is 0 Å². The lowest BCUT2D eigenvalue weighted by molar-refractivity contribution is 0.0697. The quantitative estimate of drug-likeness (QED) is 0.816. The Morgan fingerprint density at radius 2 is 1.74 bits per heavy atom. The maximum absolute atomic E-state index is 10.9. The van der Waals surface area contributed by atoms with Gasteiger partial charge in [-0.2, -0.15) is 0 Å². The van der Waals surface area contributed by atoms with Crippen molar-refractivity contribution in [2.45, 2.75) is 0 Å². The molecule has 0 saturated carbocycles. The molecule has 0 spiro atoms. The number of aliphatic imine (C=N–C) groups is 1. The summed E-state index contributed by atoms with van der Waals surface area (Å²) in [6, 6.07) is 13.6. The molecule has 0 aliphatic carbocycles. The molecule has 116 valence electrons. The lowest BCUT2D eigenvalue weighted by Crippen LogP contribution is -2.01. The Kier molecular flexibility index (Phi) is 5.33. The van der Waals surface area contributed by atoms with Crippen LogP contribution < -0.4 is 5.73 Å². The zero-order valence-corrected chi connectivity index (χ0v) is 13.0. The molecule has 0 fully saturated rings. The minimum atomic E-state index is -0.982. The number of nitrogens with two attached hydrogens (primary N) is 1. The fourth-order valence-corrected chi connectivity index (χ4v) is 2.22. The summed E-state index contributed by atoms with van der Waals surface area (Å²) in [6.07, 6.45) is 2.99. The van der Waals surface area contributed by atoms with Gasteiger partial charge in [-0.25, -0.2) is 9.79 Å². The predicted molar refractivity (Wildman–Crippen MR) is 93.8 cm³/mol. The maximum Gasteiger partial charge on any atom is 0.335 e. The van der Waals surface area contributed by atoms with Crippen molar-refractivity contribution in [3.8, 4) is 0 Å². The molecule has 0 aromatic heterocycles. The molecule has 0 unspecified atom stereocenters. The van der Waals surface area contributed by atoms with Crippen LogP contribution in [0.25, 0.3) is 5.70 Å². The maximum atomic E-state index is 10.9. The SMILES string of the molecule is C=C(N=C(/C=C\N)c1ccc(C(=O)O)cc1)c1ccccc1Cl. The van der Waals surface area contributed by atoms with Crippen LogP contribution in [-0.4, -0.2) is 16.8 Å². The summed E-state index contributed by atoms with van der Waals surface area (Å²) >= 11 is 6.14. The highest BCUT2D eigenvalue weighted by Gasteiger charge is 2.07. The monoisotopic (exact) mass is 326 g/mol. The number of allylic oxidation sites excluding steroid dienone is 1. The first-order valence-corrected chi connectivity index (χ1v) is 7.15. The summed E-state index contributed by atoms with van der Waals surface area (Å²) in [7, 11) is 0. The number of rotatable bonds is 5. The van der Waals surface area contributed by atoms with Crippen LogP contribution in [0.3, 0.4) is 0 Å². The molecule has 0 bridgehead atoms. The van der Waals surface area contributed by atoms with Gasteiger partial charge >= 0.3 is 5.97 Å². The van der Waals surface area contributed by atoms with Gasteiger partial charge in [0.25, 0.3) is 0 Å². The Morgan fingerprint density at radius 3 is 2.30 bits per heavy atom. The summed E-state index contributed by atoms with van der Waals surface area (Å²) in [6.45, 7) is 3.94. The lowest BCUT2D eigenvalue weighted by atomic mass is 10.1. The minimum Gasteiger partial charge on any atom is -0.478 e. The first-order valence-electron chi connectivity index (χ1n) is 6.77. The second-order valence-corrected chi connectivity index (χ2v) is 5.07. The average Bonchev–Trinajstić information content (AvgIpc) is 2.55. The largest absolute Gasteiger partial charge is 0.478 e. The average molecular weight is 327 g/mol. The van der Waals surface area contributed by atoms with Gasteiger partial charge in [0.05, 0.1) is 17.0 Å². The second-order valence-electron chi connectivity index (χ2n) is 4.67. The second kappa shape index (κ2) is 7.42. The van der Waals surface area contributed by atoms with Gasteiger partial charge in [0, 0.05) is 16.1 Å². The van der Waals surface area contributed by atoms with E-state index in [-0.39, 0.29) is 5.56 Å². The van der Waals surface area contributed by atoms with Crippen LogP contribution in [0.4, 0.5) is 0 Å². The number of carboxylic acids is 1. The molecule has 0 heterocycles. The molecule has 0 saturated heterocycles. The van der Waals surface area contributed by atoms with Crippen LogP contribution in [0.2, 0.25) is 5.02 Å². The van der Waals surface area contributed by atoms with Crippen LogP contribution >= 0.6 is 11.6 Å². The van der Waals surface area contributed by atoms with Crippen molar-refractivity contribution in [1.29, 1.82) is 0 Å². The van der Waals surface area contributed by atoms with Crippen LogP contribution in [-0.2, 0) is 0 Å². The van der Waals surface area contributed by atoms with E-state index < -0.39 is 5.97 Å².